The summed E-state index contributed by atoms with van der Waals surface area (Å²) in [5.41, 5.74) is 1.69. The van der Waals surface area contributed by atoms with Gasteiger partial charge in [0, 0.05) is 13.6 Å². The van der Waals surface area contributed by atoms with Crippen molar-refractivity contribution in [3.8, 4) is 0 Å². The molecule has 0 atom stereocenters. The van der Waals surface area contributed by atoms with Crippen molar-refractivity contribution < 1.29 is 0 Å². The third kappa shape index (κ3) is 2.56. The van der Waals surface area contributed by atoms with Gasteiger partial charge in [-0.1, -0.05) is 19.1 Å². The van der Waals surface area contributed by atoms with Crippen LogP contribution in [-0.4, -0.2) is 29.1 Å². The fraction of sp³-hybridized carbons (Fsp3) is 0.250. The van der Waals surface area contributed by atoms with Gasteiger partial charge in [-0.2, -0.15) is 0 Å². The van der Waals surface area contributed by atoms with E-state index in [-0.39, 0.29) is 0 Å². The summed E-state index contributed by atoms with van der Waals surface area (Å²) in [6.45, 7) is 2.65. The van der Waals surface area contributed by atoms with Gasteiger partial charge in [-0.05, 0) is 30.3 Å². The molecule has 2 N–H and O–H groups in total. The fourth-order valence-electron chi connectivity index (χ4n) is 2.79. The summed E-state index contributed by atoms with van der Waals surface area (Å²) < 4.78 is 3.19. The Balaban J connectivity index is 1.89. The van der Waals surface area contributed by atoms with Crippen LogP contribution in [0.3, 0.4) is 0 Å². The van der Waals surface area contributed by atoms with E-state index < -0.39 is 11.2 Å². The first-order valence-electron chi connectivity index (χ1n) is 7.90. The number of benzene rings is 1. The van der Waals surface area contributed by atoms with Crippen LogP contribution in [0.2, 0.25) is 0 Å². The maximum Gasteiger partial charge on any atom is 0.329 e. The van der Waals surface area contributed by atoms with Gasteiger partial charge in [0.2, 0.25) is 0 Å². The van der Waals surface area contributed by atoms with E-state index in [1.54, 1.807) is 7.05 Å². The molecule has 0 aliphatic rings. The maximum atomic E-state index is 12.3. The predicted molar refractivity (Wildman–Crippen MR) is 96.1 cm³/mol. The van der Waals surface area contributed by atoms with E-state index in [9.17, 15) is 9.59 Å². The molecule has 0 aliphatic heterocycles. The normalized spacial score (nSPS) is 11.6. The van der Waals surface area contributed by atoms with Crippen molar-refractivity contribution in [2.75, 3.05) is 0 Å². The number of fused-ring (bicyclic) bond motifs is 2. The SMILES string of the molecule is CCCn1c(Sc2nc3ccccc3[nH]2)nc2c1c(=O)[nH]c(=O)n2C. The number of rotatable bonds is 4. The molecule has 8 nitrogen and oxygen atoms in total. The van der Waals surface area contributed by atoms with E-state index >= 15 is 0 Å². The third-order valence-corrected chi connectivity index (χ3v) is 4.86. The van der Waals surface area contributed by atoms with Crippen molar-refractivity contribution in [3.05, 3.63) is 45.1 Å². The molecule has 3 aromatic heterocycles. The molecule has 0 saturated carbocycles. The first-order chi connectivity index (χ1) is 12.1. The summed E-state index contributed by atoms with van der Waals surface area (Å²) in [5.74, 6) is 0. The standard InChI is InChI=1S/C16H16N6O2S/c1-3-8-22-11-12(21(2)15(24)20-13(11)23)19-16(22)25-14-17-9-6-4-5-7-10(9)18-14/h4-7H,3,8H2,1-2H3,(H,17,18)(H,20,23,24). The lowest BCUT2D eigenvalue weighted by Crippen LogP contribution is -2.29. The number of nitrogens with one attached hydrogen (secondary N) is 2. The van der Waals surface area contributed by atoms with Gasteiger partial charge in [0.05, 0.1) is 11.0 Å². The van der Waals surface area contributed by atoms with Gasteiger partial charge in [0.1, 0.15) is 0 Å². The smallest absolute Gasteiger partial charge is 0.329 e. The second kappa shape index (κ2) is 5.92. The highest BCUT2D eigenvalue weighted by Crippen LogP contribution is 2.28. The van der Waals surface area contributed by atoms with Gasteiger partial charge in [-0.3, -0.25) is 14.3 Å². The zero-order chi connectivity index (χ0) is 17.6. The van der Waals surface area contributed by atoms with Crippen LogP contribution in [0.5, 0.6) is 0 Å². The van der Waals surface area contributed by atoms with Gasteiger partial charge in [-0.15, -0.1) is 0 Å². The third-order valence-electron chi connectivity index (χ3n) is 3.97. The Kier molecular flexibility index (Phi) is 3.72. The summed E-state index contributed by atoms with van der Waals surface area (Å²) >= 11 is 1.35. The van der Waals surface area contributed by atoms with E-state index in [4.69, 9.17) is 0 Å². The molecule has 0 saturated heterocycles. The Labute approximate surface area is 145 Å². The molecule has 0 spiro atoms. The van der Waals surface area contributed by atoms with Crippen molar-refractivity contribution in [1.82, 2.24) is 29.1 Å². The Bertz CT molecular complexity index is 1170. The van der Waals surface area contributed by atoms with Crippen molar-refractivity contribution in [1.29, 1.82) is 0 Å². The molecule has 9 heteroatoms. The number of para-hydroxylation sites is 2. The summed E-state index contributed by atoms with van der Waals surface area (Å²) in [4.78, 5) is 38.8. The van der Waals surface area contributed by atoms with Crippen LogP contribution in [0.1, 0.15) is 13.3 Å². The van der Waals surface area contributed by atoms with E-state index in [1.165, 1.54) is 16.3 Å². The Morgan fingerprint density at radius 2 is 1.96 bits per heavy atom. The maximum absolute atomic E-state index is 12.3. The second-order valence-corrected chi connectivity index (χ2v) is 6.65. The van der Waals surface area contributed by atoms with Gasteiger partial charge < -0.3 is 9.55 Å². The van der Waals surface area contributed by atoms with E-state index in [0.29, 0.717) is 28.0 Å². The number of aromatic amines is 2. The monoisotopic (exact) mass is 356 g/mol. The van der Waals surface area contributed by atoms with Crippen LogP contribution in [0.4, 0.5) is 0 Å². The molecule has 128 valence electrons. The summed E-state index contributed by atoms with van der Waals surface area (Å²) in [6.07, 6.45) is 0.835. The predicted octanol–water partition coefficient (Wildman–Crippen LogP) is 1.86. The minimum atomic E-state index is -0.473. The minimum Gasteiger partial charge on any atom is -0.333 e. The number of H-pyrrole nitrogens is 2. The topological polar surface area (TPSA) is 101 Å². The van der Waals surface area contributed by atoms with Gasteiger partial charge in [0.15, 0.2) is 21.5 Å². The average Bonchev–Trinajstić information content (AvgIpc) is 3.15. The minimum absolute atomic E-state index is 0.376. The van der Waals surface area contributed by atoms with E-state index in [2.05, 4.69) is 19.9 Å². The number of hydrogen-bond donors (Lipinski definition) is 2. The zero-order valence-electron chi connectivity index (χ0n) is 13.7. The molecule has 0 amide bonds. The van der Waals surface area contributed by atoms with Crippen molar-refractivity contribution in [2.45, 2.75) is 30.2 Å². The van der Waals surface area contributed by atoms with Crippen molar-refractivity contribution >= 4 is 34.0 Å². The van der Waals surface area contributed by atoms with Crippen LogP contribution in [0.15, 0.2) is 44.2 Å². The van der Waals surface area contributed by atoms with Crippen LogP contribution < -0.4 is 11.2 Å². The number of aryl methyl sites for hydroxylation is 2. The van der Waals surface area contributed by atoms with Crippen LogP contribution in [0, 0.1) is 0 Å². The molecule has 0 bridgehead atoms. The quantitative estimate of drug-likeness (QED) is 0.581. The Morgan fingerprint density at radius 3 is 2.72 bits per heavy atom. The molecule has 4 rings (SSSR count). The first kappa shape index (κ1) is 15.7. The largest absolute Gasteiger partial charge is 0.333 e. The molecule has 4 aromatic rings. The van der Waals surface area contributed by atoms with Crippen LogP contribution >= 0.6 is 11.8 Å². The Hall–Kier alpha value is -2.81. The summed E-state index contributed by atoms with van der Waals surface area (Å²) in [6, 6.07) is 7.75. The van der Waals surface area contributed by atoms with Crippen LogP contribution in [0.25, 0.3) is 22.2 Å². The molecule has 3 heterocycles. The molecule has 25 heavy (non-hydrogen) atoms. The van der Waals surface area contributed by atoms with Gasteiger partial charge in [0.25, 0.3) is 5.56 Å². The van der Waals surface area contributed by atoms with Crippen LogP contribution in [-0.2, 0) is 13.6 Å². The number of nitrogens with zero attached hydrogens (tertiary/aromatic N) is 4. The lowest BCUT2D eigenvalue weighted by Gasteiger charge is -2.05. The molecular weight excluding hydrogens is 340 g/mol. The van der Waals surface area contributed by atoms with E-state index in [0.717, 1.165) is 17.5 Å². The second-order valence-electron chi connectivity index (χ2n) is 5.70. The first-order valence-corrected chi connectivity index (χ1v) is 8.72. The average molecular weight is 356 g/mol. The van der Waals surface area contributed by atoms with Crippen molar-refractivity contribution in [3.63, 3.8) is 0 Å². The van der Waals surface area contributed by atoms with Crippen molar-refractivity contribution in [2.24, 2.45) is 7.05 Å². The molecule has 0 radical (unpaired) electrons. The highest BCUT2D eigenvalue weighted by molar-refractivity contribution is 7.99. The Morgan fingerprint density at radius 1 is 1.16 bits per heavy atom. The van der Waals surface area contributed by atoms with E-state index in [1.807, 2.05) is 35.8 Å². The highest BCUT2D eigenvalue weighted by Gasteiger charge is 2.18. The zero-order valence-corrected chi connectivity index (χ0v) is 14.6. The molecule has 0 unspecified atom stereocenters. The summed E-state index contributed by atoms with van der Waals surface area (Å²) in [5, 5.41) is 1.32. The lowest BCUT2D eigenvalue weighted by atomic mass is 10.3. The van der Waals surface area contributed by atoms with Gasteiger partial charge >= 0.3 is 5.69 Å². The number of imidazole rings is 2. The number of hydrogen-bond acceptors (Lipinski definition) is 5. The molecule has 0 aliphatic carbocycles. The molecule has 0 fully saturated rings. The molecule has 1 aromatic carbocycles. The lowest BCUT2D eigenvalue weighted by molar-refractivity contribution is 0.636. The van der Waals surface area contributed by atoms with Gasteiger partial charge in [-0.25, -0.2) is 14.8 Å². The molecular formula is C16H16N6O2S. The fourth-order valence-corrected chi connectivity index (χ4v) is 3.69. The summed E-state index contributed by atoms with van der Waals surface area (Å²) in [7, 11) is 1.60. The highest BCUT2D eigenvalue weighted by atomic mass is 32.2. The number of aromatic nitrogens is 6.